The van der Waals surface area contributed by atoms with Gasteiger partial charge in [0.2, 0.25) is 0 Å². The Morgan fingerprint density at radius 1 is 0.789 bits per heavy atom. The van der Waals surface area contributed by atoms with Gasteiger partial charge < -0.3 is 10.6 Å². The largest absolute Gasteiger partial charge is 0.361 e. The molecule has 0 radical (unpaired) electrons. The van der Waals surface area contributed by atoms with Gasteiger partial charge in [-0.3, -0.25) is 4.98 Å². The zero-order chi connectivity index (χ0) is 12.7. The van der Waals surface area contributed by atoms with Crippen molar-refractivity contribution in [2.45, 2.75) is 6.17 Å². The van der Waals surface area contributed by atoms with Crippen LogP contribution in [-0.4, -0.2) is 4.98 Å². The van der Waals surface area contributed by atoms with Gasteiger partial charge in [0.15, 0.2) is 0 Å². The summed E-state index contributed by atoms with van der Waals surface area (Å²) in [6.45, 7) is 0. The van der Waals surface area contributed by atoms with E-state index in [1.54, 1.807) is 0 Å². The van der Waals surface area contributed by atoms with Crippen LogP contribution in [0.15, 0.2) is 60.9 Å². The molecule has 1 aliphatic heterocycles. The molecule has 2 heterocycles. The zero-order valence-corrected chi connectivity index (χ0v) is 10.3. The van der Waals surface area contributed by atoms with Crippen molar-refractivity contribution in [3.05, 3.63) is 66.5 Å². The standard InChI is InChI=1S/C16H13N3/c1-3-11-4-2-6-14-15(11)13(5-1)18-16(19-14)12-7-9-17-10-8-12/h1-10,16,18-19H. The summed E-state index contributed by atoms with van der Waals surface area (Å²) in [6.07, 6.45) is 3.73. The molecule has 92 valence electrons. The Balaban J connectivity index is 1.85. The highest BCUT2D eigenvalue weighted by molar-refractivity contribution is 6.04. The first kappa shape index (κ1) is 10.4. The smallest absolute Gasteiger partial charge is 0.123 e. The molecule has 0 unspecified atom stereocenters. The maximum absolute atomic E-state index is 4.07. The topological polar surface area (TPSA) is 37.0 Å². The Hall–Kier alpha value is -2.55. The van der Waals surface area contributed by atoms with Crippen LogP contribution in [0.2, 0.25) is 0 Å². The number of hydrogen-bond acceptors (Lipinski definition) is 3. The molecule has 1 aromatic heterocycles. The number of rotatable bonds is 1. The van der Waals surface area contributed by atoms with Crippen LogP contribution >= 0.6 is 0 Å². The van der Waals surface area contributed by atoms with Crippen LogP contribution in [0.25, 0.3) is 10.8 Å². The fraction of sp³-hybridized carbons (Fsp3) is 0.0625. The molecule has 0 saturated carbocycles. The summed E-state index contributed by atoms with van der Waals surface area (Å²) < 4.78 is 0. The highest BCUT2D eigenvalue weighted by Crippen LogP contribution is 2.38. The van der Waals surface area contributed by atoms with Crippen molar-refractivity contribution < 1.29 is 0 Å². The van der Waals surface area contributed by atoms with E-state index in [1.165, 1.54) is 27.7 Å². The minimum absolute atomic E-state index is 0.0866. The van der Waals surface area contributed by atoms with Gasteiger partial charge >= 0.3 is 0 Å². The highest BCUT2D eigenvalue weighted by Gasteiger charge is 2.19. The lowest BCUT2D eigenvalue weighted by molar-refractivity contribution is 0.893. The number of aromatic nitrogens is 1. The molecule has 0 saturated heterocycles. The molecule has 3 nitrogen and oxygen atoms in total. The molecule has 2 N–H and O–H groups in total. The van der Waals surface area contributed by atoms with E-state index >= 15 is 0 Å². The molecule has 4 rings (SSSR count). The second kappa shape index (κ2) is 3.99. The maximum Gasteiger partial charge on any atom is 0.123 e. The molecule has 0 fully saturated rings. The second-order valence-corrected chi connectivity index (χ2v) is 4.71. The van der Waals surface area contributed by atoms with Crippen LogP contribution in [0.4, 0.5) is 11.4 Å². The molecule has 0 amide bonds. The van der Waals surface area contributed by atoms with E-state index < -0.39 is 0 Å². The predicted octanol–water partition coefficient (Wildman–Crippen LogP) is 3.77. The molecule has 3 aromatic rings. The molecule has 2 aromatic carbocycles. The van der Waals surface area contributed by atoms with Gasteiger partial charge in [-0.15, -0.1) is 0 Å². The summed E-state index contributed by atoms with van der Waals surface area (Å²) in [5.41, 5.74) is 3.53. The monoisotopic (exact) mass is 247 g/mol. The average molecular weight is 247 g/mol. The van der Waals surface area contributed by atoms with Gasteiger partial charge in [0.25, 0.3) is 0 Å². The van der Waals surface area contributed by atoms with Gasteiger partial charge in [0, 0.05) is 29.2 Å². The summed E-state index contributed by atoms with van der Waals surface area (Å²) >= 11 is 0. The first-order valence-electron chi connectivity index (χ1n) is 6.36. The van der Waals surface area contributed by atoms with Crippen molar-refractivity contribution in [2.75, 3.05) is 10.6 Å². The maximum atomic E-state index is 4.07. The van der Waals surface area contributed by atoms with E-state index in [0.717, 1.165) is 0 Å². The lowest BCUT2D eigenvalue weighted by Crippen LogP contribution is -2.23. The van der Waals surface area contributed by atoms with Gasteiger partial charge in [-0.2, -0.15) is 0 Å². The molecular formula is C16H13N3. The molecule has 0 bridgehead atoms. The van der Waals surface area contributed by atoms with E-state index in [4.69, 9.17) is 0 Å². The van der Waals surface area contributed by atoms with Crippen LogP contribution in [0, 0.1) is 0 Å². The third-order valence-corrected chi connectivity index (χ3v) is 3.54. The summed E-state index contributed by atoms with van der Waals surface area (Å²) in [5, 5.41) is 9.59. The molecular weight excluding hydrogens is 234 g/mol. The third kappa shape index (κ3) is 1.63. The van der Waals surface area contributed by atoms with E-state index in [2.05, 4.69) is 52.0 Å². The van der Waals surface area contributed by atoms with Gasteiger partial charge in [-0.25, -0.2) is 0 Å². The first-order chi connectivity index (χ1) is 9.42. The quantitative estimate of drug-likeness (QED) is 0.687. The Labute approximate surface area is 111 Å². The number of pyridine rings is 1. The van der Waals surface area contributed by atoms with Crippen molar-refractivity contribution in [1.82, 2.24) is 4.98 Å². The van der Waals surface area contributed by atoms with E-state index in [1.807, 2.05) is 24.5 Å². The molecule has 0 atom stereocenters. The molecule has 1 aliphatic rings. The van der Waals surface area contributed by atoms with E-state index in [-0.39, 0.29) is 6.17 Å². The fourth-order valence-electron chi connectivity index (χ4n) is 2.65. The Morgan fingerprint density at radius 3 is 2.05 bits per heavy atom. The number of hydrogen-bond donors (Lipinski definition) is 2. The van der Waals surface area contributed by atoms with Crippen LogP contribution < -0.4 is 10.6 Å². The average Bonchev–Trinajstić information content (AvgIpc) is 2.49. The predicted molar refractivity (Wildman–Crippen MR) is 78.2 cm³/mol. The first-order valence-corrected chi connectivity index (χ1v) is 6.36. The van der Waals surface area contributed by atoms with Gasteiger partial charge in [-0.05, 0) is 35.2 Å². The van der Waals surface area contributed by atoms with Crippen LogP contribution in [0.3, 0.4) is 0 Å². The van der Waals surface area contributed by atoms with Crippen LogP contribution in [0.5, 0.6) is 0 Å². The summed E-state index contributed by atoms with van der Waals surface area (Å²) in [6, 6.07) is 16.8. The highest BCUT2D eigenvalue weighted by atomic mass is 15.1. The minimum Gasteiger partial charge on any atom is -0.361 e. The Morgan fingerprint density at radius 2 is 1.42 bits per heavy atom. The van der Waals surface area contributed by atoms with E-state index in [9.17, 15) is 0 Å². The molecule has 3 heteroatoms. The van der Waals surface area contributed by atoms with Crippen LogP contribution in [-0.2, 0) is 0 Å². The molecule has 19 heavy (non-hydrogen) atoms. The third-order valence-electron chi connectivity index (χ3n) is 3.54. The number of anilines is 2. The fourth-order valence-corrected chi connectivity index (χ4v) is 2.65. The Kier molecular flexibility index (Phi) is 2.18. The van der Waals surface area contributed by atoms with Gasteiger partial charge in [0.05, 0.1) is 0 Å². The van der Waals surface area contributed by atoms with Crippen molar-refractivity contribution in [2.24, 2.45) is 0 Å². The molecule has 0 aliphatic carbocycles. The van der Waals surface area contributed by atoms with E-state index in [0.29, 0.717) is 0 Å². The van der Waals surface area contributed by atoms with Crippen molar-refractivity contribution in [1.29, 1.82) is 0 Å². The summed E-state index contributed by atoms with van der Waals surface area (Å²) in [4.78, 5) is 4.07. The lowest BCUT2D eigenvalue weighted by Gasteiger charge is -2.29. The second-order valence-electron chi connectivity index (χ2n) is 4.71. The number of benzene rings is 2. The van der Waals surface area contributed by atoms with Crippen molar-refractivity contribution >= 4 is 22.1 Å². The SMILES string of the molecule is c1cc2c3c(cccc3c1)NC(c1ccncc1)N2. The summed E-state index contributed by atoms with van der Waals surface area (Å²) in [5.74, 6) is 0. The number of nitrogens with zero attached hydrogens (tertiary/aromatic N) is 1. The Bertz CT molecular complexity index is 697. The van der Waals surface area contributed by atoms with Crippen molar-refractivity contribution in [3.8, 4) is 0 Å². The molecule has 0 spiro atoms. The van der Waals surface area contributed by atoms with Gasteiger partial charge in [0.1, 0.15) is 6.17 Å². The summed E-state index contributed by atoms with van der Waals surface area (Å²) in [7, 11) is 0. The van der Waals surface area contributed by atoms with Crippen LogP contribution in [0.1, 0.15) is 11.7 Å². The van der Waals surface area contributed by atoms with Gasteiger partial charge in [-0.1, -0.05) is 24.3 Å². The normalized spacial score (nSPS) is 13.9. The number of nitrogens with one attached hydrogen (secondary N) is 2. The minimum atomic E-state index is 0.0866. The lowest BCUT2D eigenvalue weighted by atomic mass is 10.0. The van der Waals surface area contributed by atoms with Crippen molar-refractivity contribution in [3.63, 3.8) is 0 Å². The zero-order valence-electron chi connectivity index (χ0n) is 10.3.